The lowest BCUT2D eigenvalue weighted by atomic mass is 10.2. The molecular formula is C26H22ClN9O3. The molecule has 12 nitrogen and oxygen atoms in total. The highest BCUT2D eigenvalue weighted by atomic mass is 35.5. The molecule has 0 aliphatic carbocycles. The number of benzene rings is 3. The molecule has 0 unspecified atom stereocenters. The Morgan fingerprint density at radius 2 is 1.90 bits per heavy atom. The van der Waals surface area contributed by atoms with Gasteiger partial charge < -0.3 is 15.8 Å². The van der Waals surface area contributed by atoms with Crippen molar-refractivity contribution in [2.24, 2.45) is 5.10 Å². The van der Waals surface area contributed by atoms with E-state index in [-0.39, 0.29) is 23.9 Å². The number of hydrogen-bond donors (Lipinski definition) is 3. The number of hydrazone groups is 1. The summed E-state index contributed by atoms with van der Waals surface area (Å²) in [5, 5.41) is 23.3. The van der Waals surface area contributed by atoms with Crippen LogP contribution in [0.15, 0.2) is 88.6 Å². The molecule has 0 spiro atoms. The summed E-state index contributed by atoms with van der Waals surface area (Å²) in [7, 11) is 0. The molecule has 0 saturated heterocycles. The van der Waals surface area contributed by atoms with Crippen molar-refractivity contribution in [2.75, 3.05) is 11.1 Å². The minimum Gasteiger partial charge on any atom is -0.489 e. The van der Waals surface area contributed by atoms with E-state index in [4.69, 9.17) is 22.1 Å². The molecule has 2 heterocycles. The maximum absolute atomic E-state index is 13.0. The predicted molar refractivity (Wildman–Crippen MR) is 145 cm³/mol. The molecular weight excluding hydrogens is 522 g/mol. The summed E-state index contributed by atoms with van der Waals surface area (Å²) >= 11 is 5.93. The molecule has 0 saturated carbocycles. The number of hydrogen-bond acceptors (Lipinski definition) is 10. The van der Waals surface area contributed by atoms with E-state index in [1.54, 1.807) is 6.07 Å². The quantitative estimate of drug-likeness (QED) is 0.176. The number of rotatable bonds is 10. The molecule has 2 aromatic heterocycles. The van der Waals surface area contributed by atoms with E-state index in [0.717, 1.165) is 16.8 Å². The van der Waals surface area contributed by atoms with Crippen molar-refractivity contribution in [3.63, 3.8) is 0 Å². The van der Waals surface area contributed by atoms with Gasteiger partial charge in [-0.1, -0.05) is 59.3 Å². The second kappa shape index (κ2) is 11.9. The molecule has 5 rings (SSSR count). The third-order valence-electron chi connectivity index (χ3n) is 5.46. The maximum atomic E-state index is 13.0. The summed E-state index contributed by atoms with van der Waals surface area (Å²) in [5.41, 5.74) is 11.3. The number of carbonyl (C=O) groups is 1. The van der Waals surface area contributed by atoms with Crippen LogP contribution in [0.2, 0.25) is 5.02 Å². The first-order valence-corrected chi connectivity index (χ1v) is 12.1. The zero-order valence-corrected chi connectivity index (χ0v) is 21.1. The molecule has 0 aliphatic heterocycles. The molecule has 0 radical (unpaired) electrons. The Kier molecular flexibility index (Phi) is 7.74. The maximum Gasteiger partial charge on any atom is 0.293 e. The van der Waals surface area contributed by atoms with Gasteiger partial charge in [0.1, 0.15) is 12.4 Å². The first-order valence-electron chi connectivity index (χ1n) is 11.7. The van der Waals surface area contributed by atoms with E-state index in [0.29, 0.717) is 23.1 Å². The van der Waals surface area contributed by atoms with E-state index in [1.807, 2.05) is 72.8 Å². The standard InChI is InChI=1S/C26H22ClN9O3/c27-19-11-9-17(10-12-19)16-38-21-8-4-5-18(13-21)14-30-32-26(37)23-22(15-29-20-6-2-1-3-7-20)36(35-31-23)25-24(28)33-39-34-25/h1-14,29H,15-16H2,(H2,28,33)(H,32,37)/b30-14-. The van der Waals surface area contributed by atoms with E-state index in [9.17, 15) is 4.79 Å². The molecule has 1 amide bonds. The lowest BCUT2D eigenvalue weighted by Gasteiger charge is -2.08. The van der Waals surface area contributed by atoms with Crippen molar-refractivity contribution in [1.29, 1.82) is 0 Å². The van der Waals surface area contributed by atoms with Crippen LogP contribution in [-0.4, -0.2) is 37.4 Å². The van der Waals surface area contributed by atoms with Crippen LogP contribution in [0.4, 0.5) is 11.5 Å². The molecule has 13 heteroatoms. The zero-order valence-electron chi connectivity index (χ0n) is 20.4. The number of anilines is 2. The van der Waals surface area contributed by atoms with Gasteiger partial charge in [0.2, 0.25) is 11.6 Å². The highest BCUT2D eigenvalue weighted by molar-refractivity contribution is 6.30. The van der Waals surface area contributed by atoms with E-state index in [1.165, 1.54) is 10.9 Å². The molecule has 3 aromatic carbocycles. The lowest BCUT2D eigenvalue weighted by Crippen LogP contribution is -2.21. The first kappa shape index (κ1) is 25.4. The normalized spacial score (nSPS) is 11.0. The van der Waals surface area contributed by atoms with Gasteiger partial charge in [0, 0.05) is 10.7 Å². The fourth-order valence-electron chi connectivity index (χ4n) is 3.54. The highest BCUT2D eigenvalue weighted by Gasteiger charge is 2.23. The van der Waals surface area contributed by atoms with E-state index < -0.39 is 5.91 Å². The molecule has 5 aromatic rings. The van der Waals surface area contributed by atoms with Crippen LogP contribution in [-0.2, 0) is 13.2 Å². The summed E-state index contributed by atoms with van der Waals surface area (Å²) in [6, 6.07) is 24.2. The Bertz CT molecular complexity index is 1580. The number of para-hydroxylation sites is 1. The molecule has 196 valence electrons. The van der Waals surface area contributed by atoms with Crippen molar-refractivity contribution in [2.45, 2.75) is 13.2 Å². The zero-order chi connectivity index (χ0) is 27.0. The van der Waals surface area contributed by atoms with Crippen LogP contribution in [0.3, 0.4) is 0 Å². The Balaban J connectivity index is 1.27. The predicted octanol–water partition coefficient (Wildman–Crippen LogP) is 3.84. The van der Waals surface area contributed by atoms with E-state index in [2.05, 4.69) is 41.1 Å². The number of nitrogens with zero attached hydrogens (tertiary/aromatic N) is 6. The topological polar surface area (TPSA) is 158 Å². The van der Waals surface area contributed by atoms with Gasteiger partial charge in [-0.2, -0.15) is 9.78 Å². The monoisotopic (exact) mass is 543 g/mol. The van der Waals surface area contributed by atoms with Crippen LogP contribution in [0.5, 0.6) is 5.75 Å². The summed E-state index contributed by atoms with van der Waals surface area (Å²) < 4.78 is 11.8. The van der Waals surface area contributed by atoms with Gasteiger partial charge >= 0.3 is 0 Å². The SMILES string of the molecule is Nc1nonc1-n1nnc(C(=O)N/N=C\c2cccc(OCc3ccc(Cl)cc3)c2)c1CNc1ccccc1. The lowest BCUT2D eigenvalue weighted by molar-refractivity contribution is 0.0949. The van der Waals surface area contributed by atoms with Crippen LogP contribution in [0, 0.1) is 0 Å². The Hall–Kier alpha value is -5.23. The summed E-state index contributed by atoms with van der Waals surface area (Å²) in [4.78, 5) is 13.0. The largest absolute Gasteiger partial charge is 0.489 e. The summed E-state index contributed by atoms with van der Waals surface area (Å²) in [6.07, 6.45) is 1.50. The van der Waals surface area contributed by atoms with Crippen LogP contribution in [0.25, 0.3) is 5.82 Å². The average Bonchev–Trinajstić information content (AvgIpc) is 3.58. The van der Waals surface area contributed by atoms with Crippen molar-refractivity contribution >= 4 is 35.2 Å². The Morgan fingerprint density at radius 1 is 1.08 bits per heavy atom. The number of nitrogens with one attached hydrogen (secondary N) is 2. The minimum atomic E-state index is -0.576. The minimum absolute atomic E-state index is 0.00371. The van der Waals surface area contributed by atoms with Crippen molar-refractivity contribution in [1.82, 2.24) is 30.7 Å². The number of carbonyl (C=O) groups excluding carboxylic acids is 1. The highest BCUT2D eigenvalue weighted by Crippen LogP contribution is 2.18. The average molecular weight is 544 g/mol. The smallest absolute Gasteiger partial charge is 0.293 e. The third kappa shape index (κ3) is 6.37. The molecule has 0 bridgehead atoms. The van der Waals surface area contributed by atoms with Gasteiger partial charge in [-0.25, -0.2) is 10.1 Å². The van der Waals surface area contributed by atoms with Crippen molar-refractivity contribution in [3.05, 3.63) is 106 Å². The third-order valence-corrected chi connectivity index (χ3v) is 5.72. The van der Waals surface area contributed by atoms with E-state index >= 15 is 0 Å². The molecule has 4 N–H and O–H groups in total. The van der Waals surface area contributed by atoms with Gasteiger partial charge in [0.25, 0.3) is 5.91 Å². The van der Waals surface area contributed by atoms with Crippen molar-refractivity contribution in [3.8, 4) is 11.6 Å². The second-order valence-electron chi connectivity index (χ2n) is 8.18. The van der Waals surface area contributed by atoms with Gasteiger partial charge in [-0.15, -0.1) is 5.10 Å². The molecule has 0 atom stereocenters. The Labute approximate surface area is 227 Å². The number of amides is 1. The second-order valence-corrected chi connectivity index (χ2v) is 8.61. The van der Waals surface area contributed by atoms with Crippen LogP contribution in [0.1, 0.15) is 27.3 Å². The molecule has 0 fully saturated rings. The fourth-order valence-corrected chi connectivity index (χ4v) is 3.66. The van der Waals surface area contributed by atoms with Gasteiger partial charge in [-0.3, -0.25) is 4.79 Å². The Morgan fingerprint density at radius 3 is 2.67 bits per heavy atom. The van der Waals surface area contributed by atoms with Crippen LogP contribution >= 0.6 is 11.6 Å². The van der Waals surface area contributed by atoms with Gasteiger partial charge in [0.15, 0.2) is 5.69 Å². The fraction of sp³-hybridized carbons (Fsp3) is 0.0769. The molecule has 0 aliphatic rings. The summed E-state index contributed by atoms with van der Waals surface area (Å²) in [5.74, 6) is 0.193. The molecule has 39 heavy (non-hydrogen) atoms. The van der Waals surface area contributed by atoms with Crippen LogP contribution < -0.4 is 21.2 Å². The number of ether oxygens (including phenoxy) is 1. The number of halogens is 1. The number of aromatic nitrogens is 5. The number of nitrogen functional groups attached to an aromatic ring is 1. The van der Waals surface area contributed by atoms with Gasteiger partial charge in [0.05, 0.1) is 18.5 Å². The van der Waals surface area contributed by atoms with Crippen molar-refractivity contribution < 1.29 is 14.2 Å². The summed E-state index contributed by atoms with van der Waals surface area (Å²) in [6.45, 7) is 0.568. The van der Waals surface area contributed by atoms with Gasteiger partial charge in [-0.05, 0) is 57.8 Å². The first-order chi connectivity index (χ1) is 19.1. The number of nitrogens with two attached hydrogens (primary N) is 1.